The quantitative estimate of drug-likeness (QED) is 0.685. The van der Waals surface area contributed by atoms with Crippen LogP contribution in [0.4, 0.5) is 5.69 Å². The summed E-state index contributed by atoms with van der Waals surface area (Å²) in [4.78, 5) is 0. The third-order valence-electron chi connectivity index (χ3n) is 3.93. The Balaban J connectivity index is 1.85. The summed E-state index contributed by atoms with van der Waals surface area (Å²) < 4.78 is 5.61. The van der Waals surface area contributed by atoms with Gasteiger partial charge < -0.3 is 15.4 Å². The molecule has 128 valence electrons. The number of nitrogens with one attached hydrogen (secondary N) is 2. The standard InChI is InChI=1S/C20H26N2OS/c1-3-16(14-17-10-6-5-7-11-17)15-21-20(24)22-18-12-8-9-13-19(18)23-4-2/h5-13,16H,3-4,14-15H2,1-2H3,(H2,21,22,24). The average molecular weight is 343 g/mol. The Hall–Kier alpha value is -2.07. The van der Waals surface area contributed by atoms with Crippen LogP contribution in [0.5, 0.6) is 5.75 Å². The van der Waals surface area contributed by atoms with E-state index in [9.17, 15) is 0 Å². The maximum Gasteiger partial charge on any atom is 0.170 e. The zero-order valence-corrected chi connectivity index (χ0v) is 15.2. The number of thiocarbonyl (C=S) groups is 1. The molecular weight excluding hydrogens is 316 g/mol. The smallest absolute Gasteiger partial charge is 0.170 e. The molecule has 0 saturated heterocycles. The third-order valence-corrected chi connectivity index (χ3v) is 4.18. The van der Waals surface area contributed by atoms with Crippen LogP contribution < -0.4 is 15.4 Å². The predicted octanol–water partition coefficient (Wildman–Crippen LogP) is 4.64. The molecular formula is C20H26N2OS. The van der Waals surface area contributed by atoms with Gasteiger partial charge in [0.25, 0.3) is 0 Å². The molecule has 0 spiro atoms. The van der Waals surface area contributed by atoms with E-state index in [1.807, 2.05) is 31.2 Å². The van der Waals surface area contributed by atoms with Gasteiger partial charge in [-0.1, -0.05) is 55.8 Å². The number of benzene rings is 2. The van der Waals surface area contributed by atoms with Gasteiger partial charge in [0.1, 0.15) is 5.75 Å². The predicted molar refractivity (Wildman–Crippen MR) is 106 cm³/mol. The summed E-state index contributed by atoms with van der Waals surface area (Å²) in [5, 5.41) is 7.20. The first-order chi connectivity index (χ1) is 11.7. The minimum absolute atomic E-state index is 0.550. The first-order valence-electron chi connectivity index (χ1n) is 8.53. The molecule has 0 aliphatic carbocycles. The van der Waals surface area contributed by atoms with Crippen LogP contribution in [0, 0.1) is 5.92 Å². The van der Waals surface area contributed by atoms with Crippen molar-refractivity contribution in [2.24, 2.45) is 5.92 Å². The number of para-hydroxylation sites is 2. The molecule has 0 bridgehead atoms. The van der Waals surface area contributed by atoms with Crippen molar-refractivity contribution in [1.82, 2.24) is 5.32 Å². The van der Waals surface area contributed by atoms with E-state index < -0.39 is 0 Å². The second-order valence-electron chi connectivity index (χ2n) is 5.73. The van der Waals surface area contributed by atoms with Crippen molar-refractivity contribution in [2.75, 3.05) is 18.5 Å². The largest absolute Gasteiger partial charge is 0.492 e. The van der Waals surface area contributed by atoms with Gasteiger partial charge in [-0.15, -0.1) is 0 Å². The zero-order valence-electron chi connectivity index (χ0n) is 14.4. The highest BCUT2D eigenvalue weighted by atomic mass is 32.1. The van der Waals surface area contributed by atoms with Gasteiger partial charge in [0.2, 0.25) is 0 Å². The summed E-state index contributed by atoms with van der Waals surface area (Å²) in [7, 11) is 0. The third kappa shape index (κ3) is 5.85. The molecule has 2 rings (SSSR count). The molecule has 0 saturated carbocycles. The van der Waals surface area contributed by atoms with Crippen molar-refractivity contribution in [1.29, 1.82) is 0 Å². The van der Waals surface area contributed by atoms with Gasteiger partial charge >= 0.3 is 0 Å². The van der Waals surface area contributed by atoms with Gasteiger partial charge in [-0.3, -0.25) is 0 Å². The molecule has 3 nitrogen and oxygen atoms in total. The van der Waals surface area contributed by atoms with E-state index in [0.29, 0.717) is 17.6 Å². The summed E-state index contributed by atoms with van der Waals surface area (Å²) in [5.41, 5.74) is 2.26. The molecule has 0 amide bonds. The van der Waals surface area contributed by atoms with Crippen LogP contribution in [-0.4, -0.2) is 18.3 Å². The fraction of sp³-hybridized carbons (Fsp3) is 0.350. The summed E-state index contributed by atoms with van der Waals surface area (Å²) in [6.45, 7) is 5.68. The van der Waals surface area contributed by atoms with Gasteiger partial charge in [-0.05, 0) is 49.2 Å². The molecule has 0 aliphatic rings. The van der Waals surface area contributed by atoms with Crippen LogP contribution in [0.25, 0.3) is 0 Å². The van der Waals surface area contributed by atoms with E-state index in [2.05, 4.69) is 47.9 Å². The maximum atomic E-state index is 5.61. The molecule has 24 heavy (non-hydrogen) atoms. The van der Waals surface area contributed by atoms with Crippen LogP contribution in [0.3, 0.4) is 0 Å². The lowest BCUT2D eigenvalue weighted by Crippen LogP contribution is -2.33. The van der Waals surface area contributed by atoms with Crippen molar-refractivity contribution < 1.29 is 4.74 Å². The van der Waals surface area contributed by atoms with Crippen LogP contribution >= 0.6 is 12.2 Å². The molecule has 0 aromatic heterocycles. The topological polar surface area (TPSA) is 33.3 Å². The number of hydrogen-bond donors (Lipinski definition) is 2. The highest BCUT2D eigenvalue weighted by Gasteiger charge is 2.09. The highest BCUT2D eigenvalue weighted by Crippen LogP contribution is 2.23. The fourth-order valence-electron chi connectivity index (χ4n) is 2.56. The minimum Gasteiger partial charge on any atom is -0.492 e. The van der Waals surface area contributed by atoms with E-state index in [1.54, 1.807) is 0 Å². The summed E-state index contributed by atoms with van der Waals surface area (Å²) in [6, 6.07) is 18.4. The number of ether oxygens (including phenoxy) is 1. The van der Waals surface area contributed by atoms with E-state index in [0.717, 1.165) is 30.8 Å². The van der Waals surface area contributed by atoms with Crippen LogP contribution in [0.1, 0.15) is 25.8 Å². The molecule has 2 aromatic carbocycles. The summed E-state index contributed by atoms with van der Waals surface area (Å²) in [6.07, 6.45) is 2.17. The van der Waals surface area contributed by atoms with Crippen LogP contribution in [-0.2, 0) is 6.42 Å². The lowest BCUT2D eigenvalue weighted by molar-refractivity contribution is 0.342. The lowest BCUT2D eigenvalue weighted by Gasteiger charge is -2.18. The van der Waals surface area contributed by atoms with Gasteiger partial charge in [-0.25, -0.2) is 0 Å². The first-order valence-corrected chi connectivity index (χ1v) is 8.94. The summed E-state index contributed by atoms with van der Waals surface area (Å²) >= 11 is 5.43. The second-order valence-corrected chi connectivity index (χ2v) is 6.14. The molecule has 0 heterocycles. The Labute approximate surface area is 150 Å². The first kappa shape index (κ1) is 18.3. The molecule has 0 fully saturated rings. The second kappa shape index (κ2) is 9.93. The van der Waals surface area contributed by atoms with Crippen molar-refractivity contribution in [3.8, 4) is 5.75 Å². The SMILES string of the molecule is CCOc1ccccc1NC(=S)NCC(CC)Cc1ccccc1. The van der Waals surface area contributed by atoms with Crippen molar-refractivity contribution in [3.05, 3.63) is 60.2 Å². The van der Waals surface area contributed by atoms with Gasteiger partial charge in [0.15, 0.2) is 5.11 Å². The van der Waals surface area contributed by atoms with E-state index in [1.165, 1.54) is 5.56 Å². The Morgan fingerprint density at radius 3 is 2.46 bits per heavy atom. The van der Waals surface area contributed by atoms with Gasteiger partial charge in [-0.2, -0.15) is 0 Å². The Morgan fingerprint density at radius 2 is 1.75 bits per heavy atom. The zero-order chi connectivity index (χ0) is 17.2. The number of hydrogen-bond acceptors (Lipinski definition) is 2. The molecule has 1 atom stereocenters. The maximum absolute atomic E-state index is 5.61. The molecule has 2 aromatic rings. The van der Waals surface area contributed by atoms with E-state index in [-0.39, 0.29) is 0 Å². The highest BCUT2D eigenvalue weighted by molar-refractivity contribution is 7.80. The Kier molecular flexibility index (Phi) is 7.56. The van der Waals surface area contributed by atoms with Crippen LogP contribution in [0.2, 0.25) is 0 Å². The van der Waals surface area contributed by atoms with Crippen molar-refractivity contribution in [2.45, 2.75) is 26.7 Å². The molecule has 4 heteroatoms. The van der Waals surface area contributed by atoms with Crippen molar-refractivity contribution >= 4 is 23.0 Å². The minimum atomic E-state index is 0.550. The molecule has 1 unspecified atom stereocenters. The van der Waals surface area contributed by atoms with E-state index in [4.69, 9.17) is 17.0 Å². The summed E-state index contributed by atoms with van der Waals surface area (Å²) in [5.74, 6) is 1.37. The average Bonchev–Trinajstić information content (AvgIpc) is 2.61. The molecule has 0 radical (unpaired) electrons. The van der Waals surface area contributed by atoms with Crippen LogP contribution in [0.15, 0.2) is 54.6 Å². The fourth-order valence-corrected chi connectivity index (χ4v) is 2.76. The van der Waals surface area contributed by atoms with Crippen molar-refractivity contribution in [3.63, 3.8) is 0 Å². The normalized spacial score (nSPS) is 11.6. The van der Waals surface area contributed by atoms with Gasteiger partial charge in [0.05, 0.1) is 12.3 Å². The Morgan fingerprint density at radius 1 is 1.04 bits per heavy atom. The number of anilines is 1. The van der Waals surface area contributed by atoms with Gasteiger partial charge in [0, 0.05) is 6.54 Å². The molecule has 0 aliphatic heterocycles. The monoisotopic (exact) mass is 342 g/mol. The molecule has 2 N–H and O–H groups in total. The lowest BCUT2D eigenvalue weighted by atomic mass is 9.97. The Bertz CT molecular complexity index is 631. The number of rotatable bonds is 8. The van der Waals surface area contributed by atoms with E-state index >= 15 is 0 Å².